The number of hydrogen-bond donors (Lipinski definition) is 1. The second-order valence-corrected chi connectivity index (χ2v) is 5.14. The number of fused-ring (bicyclic) bond motifs is 1. The molecule has 0 amide bonds. The van der Waals surface area contributed by atoms with Gasteiger partial charge in [0.05, 0.1) is 5.52 Å². The molecule has 4 nitrogen and oxygen atoms in total. The van der Waals surface area contributed by atoms with Crippen LogP contribution >= 0.6 is 0 Å². The van der Waals surface area contributed by atoms with E-state index in [-0.39, 0.29) is 5.82 Å². The van der Waals surface area contributed by atoms with Gasteiger partial charge in [-0.15, -0.1) is 0 Å². The van der Waals surface area contributed by atoms with E-state index in [2.05, 4.69) is 16.8 Å². The summed E-state index contributed by atoms with van der Waals surface area (Å²) in [5.74, 6) is 0.120. The summed E-state index contributed by atoms with van der Waals surface area (Å²) in [6, 6.07) is 5.33. The average Bonchev–Trinajstić information content (AvgIpc) is 2.77. The van der Waals surface area contributed by atoms with Crippen LogP contribution in [0.1, 0.15) is 25.8 Å². The molecule has 1 aliphatic rings. The third kappa shape index (κ3) is 2.08. The number of halogens is 1. The first-order chi connectivity index (χ1) is 9.20. The van der Waals surface area contributed by atoms with Crippen LogP contribution in [-0.4, -0.2) is 34.1 Å². The highest BCUT2D eigenvalue weighted by atomic mass is 19.1. The summed E-state index contributed by atoms with van der Waals surface area (Å²) in [4.78, 5) is 6.59. The van der Waals surface area contributed by atoms with E-state index >= 15 is 0 Å². The van der Waals surface area contributed by atoms with Crippen molar-refractivity contribution in [2.45, 2.75) is 25.8 Å². The molecule has 1 aromatic heterocycles. The third-order valence-electron chi connectivity index (χ3n) is 3.99. The molecule has 2 aromatic rings. The number of nitrogens with two attached hydrogens (primary N) is 1. The predicted octanol–water partition coefficient (Wildman–Crippen LogP) is 2.41. The number of para-hydroxylation sites is 1. The lowest BCUT2D eigenvalue weighted by atomic mass is 10.1. The molecule has 0 spiro atoms. The molecule has 0 bridgehead atoms. The largest absolute Gasteiger partial charge is 0.369 e. The SMILES string of the molecule is CCN1CCCC(n2c(N)nc3c(F)cccc32)C1. The number of imidazole rings is 1. The van der Waals surface area contributed by atoms with E-state index < -0.39 is 0 Å². The Kier molecular flexibility index (Phi) is 3.14. The fourth-order valence-corrected chi connectivity index (χ4v) is 3.01. The van der Waals surface area contributed by atoms with Gasteiger partial charge < -0.3 is 15.2 Å². The monoisotopic (exact) mass is 262 g/mol. The Bertz CT molecular complexity index is 592. The van der Waals surface area contributed by atoms with Crippen molar-refractivity contribution in [3.63, 3.8) is 0 Å². The standard InChI is InChI=1S/C14H19FN4/c1-2-18-8-4-5-10(9-18)19-12-7-3-6-11(15)13(12)17-14(19)16/h3,6-7,10H,2,4-5,8-9H2,1H3,(H2,16,17). The zero-order valence-electron chi connectivity index (χ0n) is 11.1. The summed E-state index contributed by atoms with van der Waals surface area (Å²) in [6.45, 7) is 5.30. The highest BCUT2D eigenvalue weighted by molar-refractivity contribution is 5.79. The summed E-state index contributed by atoms with van der Waals surface area (Å²) in [6.07, 6.45) is 2.22. The molecule has 1 aliphatic heterocycles. The van der Waals surface area contributed by atoms with E-state index in [4.69, 9.17) is 5.73 Å². The molecule has 1 fully saturated rings. The zero-order valence-corrected chi connectivity index (χ0v) is 11.1. The second-order valence-electron chi connectivity index (χ2n) is 5.14. The van der Waals surface area contributed by atoms with Crippen LogP contribution in [0.2, 0.25) is 0 Å². The Balaban J connectivity index is 2.04. The Morgan fingerprint density at radius 3 is 3.11 bits per heavy atom. The highest BCUT2D eigenvalue weighted by Crippen LogP contribution is 2.29. The van der Waals surface area contributed by atoms with Crippen molar-refractivity contribution < 1.29 is 4.39 Å². The molecule has 2 N–H and O–H groups in total. The van der Waals surface area contributed by atoms with Gasteiger partial charge in [0.2, 0.25) is 5.95 Å². The number of anilines is 1. The number of nitrogens with zero attached hydrogens (tertiary/aromatic N) is 3. The van der Waals surface area contributed by atoms with Gasteiger partial charge >= 0.3 is 0 Å². The Morgan fingerprint density at radius 1 is 1.47 bits per heavy atom. The molecule has 2 heterocycles. The van der Waals surface area contributed by atoms with Crippen molar-refractivity contribution in [2.24, 2.45) is 0 Å². The highest BCUT2D eigenvalue weighted by Gasteiger charge is 2.24. The van der Waals surface area contributed by atoms with Crippen molar-refractivity contribution in [1.82, 2.24) is 14.5 Å². The van der Waals surface area contributed by atoms with Crippen LogP contribution in [-0.2, 0) is 0 Å². The smallest absolute Gasteiger partial charge is 0.201 e. The molecule has 102 valence electrons. The van der Waals surface area contributed by atoms with Crippen LogP contribution in [0.4, 0.5) is 10.3 Å². The lowest BCUT2D eigenvalue weighted by Crippen LogP contribution is -2.36. The van der Waals surface area contributed by atoms with E-state index in [0.29, 0.717) is 17.5 Å². The number of piperidine rings is 1. The molecular weight excluding hydrogens is 243 g/mol. The minimum absolute atomic E-state index is 0.292. The van der Waals surface area contributed by atoms with Gasteiger partial charge in [0.1, 0.15) is 5.52 Å². The number of benzene rings is 1. The molecule has 5 heteroatoms. The summed E-state index contributed by atoms with van der Waals surface area (Å²) < 4.78 is 15.7. The maximum absolute atomic E-state index is 13.7. The van der Waals surface area contributed by atoms with Crippen LogP contribution in [0.25, 0.3) is 11.0 Å². The number of likely N-dealkylation sites (tertiary alicyclic amines) is 1. The number of nitrogen functional groups attached to an aromatic ring is 1. The molecule has 3 rings (SSSR count). The molecule has 1 aromatic carbocycles. The van der Waals surface area contributed by atoms with Crippen LogP contribution in [0.3, 0.4) is 0 Å². The Hall–Kier alpha value is -1.62. The van der Waals surface area contributed by atoms with Gasteiger partial charge in [0, 0.05) is 12.6 Å². The molecule has 1 saturated heterocycles. The van der Waals surface area contributed by atoms with E-state index in [0.717, 1.165) is 38.0 Å². The number of hydrogen-bond acceptors (Lipinski definition) is 3. The molecule has 1 unspecified atom stereocenters. The van der Waals surface area contributed by atoms with E-state index in [1.165, 1.54) is 6.07 Å². The number of rotatable bonds is 2. The molecule has 1 atom stereocenters. The maximum Gasteiger partial charge on any atom is 0.201 e. The van der Waals surface area contributed by atoms with Gasteiger partial charge in [-0.05, 0) is 38.1 Å². The molecule has 0 saturated carbocycles. The maximum atomic E-state index is 13.7. The van der Waals surface area contributed by atoms with Crippen LogP contribution < -0.4 is 5.73 Å². The normalized spacial score (nSPS) is 21.1. The van der Waals surface area contributed by atoms with Gasteiger partial charge in [-0.25, -0.2) is 9.37 Å². The van der Waals surface area contributed by atoms with Gasteiger partial charge in [-0.3, -0.25) is 0 Å². The Morgan fingerprint density at radius 2 is 2.32 bits per heavy atom. The average molecular weight is 262 g/mol. The predicted molar refractivity (Wildman–Crippen MR) is 74.5 cm³/mol. The van der Waals surface area contributed by atoms with Crippen molar-refractivity contribution in [3.05, 3.63) is 24.0 Å². The minimum Gasteiger partial charge on any atom is -0.369 e. The van der Waals surface area contributed by atoms with E-state index in [1.807, 2.05) is 10.6 Å². The van der Waals surface area contributed by atoms with E-state index in [9.17, 15) is 4.39 Å². The third-order valence-corrected chi connectivity index (χ3v) is 3.99. The van der Waals surface area contributed by atoms with Gasteiger partial charge in [0.25, 0.3) is 0 Å². The topological polar surface area (TPSA) is 47.1 Å². The number of likely N-dealkylation sites (N-methyl/N-ethyl adjacent to an activating group) is 1. The number of aromatic nitrogens is 2. The van der Waals surface area contributed by atoms with Crippen molar-refractivity contribution in [1.29, 1.82) is 0 Å². The van der Waals surface area contributed by atoms with Crippen molar-refractivity contribution in [2.75, 3.05) is 25.4 Å². The van der Waals surface area contributed by atoms with Gasteiger partial charge in [-0.2, -0.15) is 0 Å². The first-order valence-electron chi connectivity index (χ1n) is 6.85. The lowest BCUT2D eigenvalue weighted by molar-refractivity contribution is 0.188. The van der Waals surface area contributed by atoms with Crippen molar-refractivity contribution >= 4 is 17.0 Å². The Labute approximate surface area is 112 Å². The summed E-state index contributed by atoms with van der Waals surface area (Å²) in [5, 5.41) is 0. The molecular formula is C14H19FN4. The quantitative estimate of drug-likeness (QED) is 0.904. The van der Waals surface area contributed by atoms with Crippen LogP contribution in [0, 0.1) is 5.82 Å². The fourth-order valence-electron chi connectivity index (χ4n) is 3.01. The summed E-state index contributed by atoms with van der Waals surface area (Å²) in [5.41, 5.74) is 7.20. The molecule has 19 heavy (non-hydrogen) atoms. The first-order valence-corrected chi connectivity index (χ1v) is 6.85. The van der Waals surface area contributed by atoms with Gasteiger partial charge in [-0.1, -0.05) is 13.0 Å². The van der Waals surface area contributed by atoms with Crippen LogP contribution in [0.5, 0.6) is 0 Å². The zero-order chi connectivity index (χ0) is 13.4. The second kappa shape index (κ2) is 4.81. The lowest BCUT2D eigenvalue weighted by Gasteiger charge is -2.33. The minimum atomic E-state index is -0.300. The molecule has 0 radical (unpaired) electrons. The summed E-state index contributed by atoms with van der Waals surface area (Å²) >= 11 is 0. The van der Waals surface area contributed by atoms with Crippen LogP contribution in [0.15, 0.2) is 18.2 Å². The van der Waals surface area contributed by atoms with Gasteiger partial charge in [0.15, 0.2) is 5.82 Å². The fraction of sp³-hybridized carbons (Fsp3) is 0.500. The van der Waals surface area contributed by atoms with E-state index in [1.54, 1.807) is 6.07 Å². The first kappa shape index (κ1) is 12.4. The molecule has 0 aliphatic carbocycles. The summed E-state index contributed by atoms with van der Waals surface area (Å²) in [7, 11) is 0. The van der Waals surface area contributed by atoms with Crippen molar-refractivity contribution in [3.8, 4) is 0 Å².